The summed E-state index contributed by atoms with van der Waals surface area (Å²) in [7, 11) is 0. The van der Waals surface area contributed by atoms with Gasteiger partial charge in [-0.1, -0.05) is 23.2 Å². The highest BCUT2D eigenvalue weighted by molar-refractivity contribution is 6.46. The molecule has 0 spiro atoms. The van der Waals surface area contributed by atoms with E-state index in [-0.39, 0.29) is 27.7 Å². The number of aromatic nitrogens is 3. The van der Waals surface area contributed by atoms with Gasteiger partial charge in [0.15, 0.2) is 0 Å². The van der Waals surface area contributed by atoms with Crippen LogP contribution in [0.4, 0.5) is 14.5 Å². The number of nitrogens with one attached hydrogen (secondary N) is 3. The van der Waals surface area contributed by atoms with Crippen LogP contribution < -0.4 is 10.6 Å². The molecule has 29 heavy (non-hydrogen) atoms. The normalized spacial score (nSPS) is 15.7. The molecule has 7 nitrogen and oxygen atoms in total. The smallest absolute Gasteiger partial charge is 0.315 e. The number of rotatable bonds is 4. The lowest BCUT2D eigenvalue weighted by atomic mass is 10.0. The Bertz CT molecular complexity index is 1130. The van der Waals surface area contributed by atoms with E-state index in [0.29, 0.717) is 35.0 Å². The summed E-state index contributed by atoms with van der Waals surface area (Å²) in [5.74, 6) is -1.60. The van der Waals surface area contributed by atoms with Crippen molar-refractivity contribution in [3.8, 4) is 11.1 Å². The van der Waals surface area contributed by atoms with Gasteiger partial charge in [0.1, 0.15) is 0 Å². The summed E-state index contributed by atoms with van der Waals surface area (Å²) in [6.07, 6.45) is 0.547. The molecule has 0 saturated carbocycles. The van der Waals surface area contributed by atoms with E-state index in [0.717, 1.165) is 5.69 Å². The minimum atomic E-state index is -3.18. The largest absolute Gasteiger partial charge is 0.351 e. The Morgan fingerprint density at radius 2 is 2.14 bits per heavy atom. The minimum Gasteiger partial charge on any atom is -0.351 e. The third-order valence-electron chi connectivity index (χ3n) is 4.82. The zero-order valence-corrected chi connectivity index (χ0v) is 16.5. The van der Waals surface area contributed by atoms with Crippen molar-refractivity contribution >= 4 is 51.6 Å². The van der Waals surface area contributed by atoms with Crippen molar-refractivity contribution in [2.24, 2.45) is 0 Å². The topological polar surface area (TPSA) is 91.8 Å². The Kier molecular flexibility index (Phi) is 4.95. The predicted octanol–water partition coefficient (Wildman–Crippen LogP) is 3.60. The molecule has 152 valence electrons. The SMILES string of the molecule is CC(=O)N[C@H]1Cc2c(-c3cn[nH]c3)c3c(NC(=O)C(F)F)cc(Cl)c(Cl)c3n2C1. The van der Waals surface area contributed by atoms with Crippen molar-refractivity contribution in [2.45, 2.75) is 32.4 Å². The van der Waals surface area contributed by atoms with Crippen molar-refractivity contribution in [3.63, 3.8) is 0 Å². The van der Waals surface area contributed by atoms with Gasteiger partial charge in [0.05, 0.1) is 33.5 Å². The van der Waals surface area contributed by atoms with E-state index in [4.69, 9.17) is 23.2 Å². The first-order valence-electron chi connectivity index (χ1n) is 8.66. The first-order valence-corrected chi connectivity index (χ1v) is 9.41. The summed E-state index contributed by atoms with van der Waals surface area (Å²) in [6.45, 7) is 1.86. The van der Waals surface area contributed by atoms with Gasteiger partial charge in [-0.2, -0.15) is 13.9 Å². The number of amides is 2. The molecule has 3 aromatic rings. The summed E-state index contributed by atoms with van der Waals surface area (Å²) in [5.41, 5.74) is 2.84. The summed E-state index contributed by atoms with van der Waals surface area (Å²) < 4.78 is 27.6. The highest BCUT2D eigenvalue weighted by atomic mass is 35.5. The number of carbonyl (C=O) groups excluding carboxylic acids is 2. The number of benzene rings is 1. The molecule has 1 aliphatic heterocycles. The molecule has 3 heterocycles. The van der Waals surface area contributed by atoms with Gasteiger partial charge < -0.3 is 15.2 Å². The average molecular weight is 442 g/mol. The Hall–Kier alpha value is -2.65. The highest BCUT2D eigenvalue weighted by Gasteiger charge is 2.32. The van der Waals surface area contributed by atoms with Gasteiger partial charge in [-0.05, 0) is 6.07 Å². The number of fused-ring (bicyclic) bond motifs is 3. The number of halogens is 4. The van der Waals surface area contributed by atoms with E-state index >= 15 is 0 Å². The summed E-state index contributed by atoms with van der Waals surface area (Å²) in [6, 6.07) is 1.20. The number of anilines is 1. The fraction of sp³-hybridized carbons (Fsp3) is 0.278. The van der Waals surface area contributed by atoms with Crippen LogP contribution in [0.1, 0.15) is 12.6 Å². The van der Waals surface area contributed by atoms with Crippen LogP contribution in [0.3, 0.4) is 0 Å². The molecule has 0 fully saturated rings. The van der Waals surface area contributed by atoms with E-state index in [1.807, 2.05) is 4.57 Å². The van der Waals surface area contributed by atoms with E-state index in [9.17, 15) is 18.4 Å². The van der Waals surface area contributed by atoms with Crippen molar-refractivity contribution < 1.29 is 18.4 Å². The molecule has 1 aromatic carbocycles. The molecular formula is C18H15Cl2F2N5O2. The number of carbonyl (C=O) groups is 2. The van der Waals surface area contributed by atoms with Gasteiger partial charge in [-0.3, -0.25) is 14.7 Å². The van der Waals surface area contributed by atoms with Crippen LogP contribution >= 0.6 is 23.2 Å². The van der Waals surface area contributed by atoms with Crippen LogP contribution in [0.25, 0.3) is 22.0 Å². The molecule has 3 N–H and O–H groups in total. The van der Waals surface area contributed by atoms with Gasteiger partial charge in [-0.15, -0.1) is 0 Å². The fourth-order valence-corrected chi connectivity index (χ4v) is 4.28. The third kappa shape index (κ3) is 3.34. The Morgan fingerprint density at radius 3 is 2.76 bits per heavy atom. The molecule has 0 aliphatic carbocycles. The molecule has 2 aromatic heterocycles. The average Bonchev–Trinajstić information content (AvgIpc) is 3.34. The number of nitrogens with zero attached hydrogens (tertiary/aromatic N) is 2. The van der Waals surface area contributed by atoms with Crippen molar-refractivity contribution in [3.05, 3.63) is 34.2 Å². The molecule has 1 aliphatic rings. The maximum atomic E-state index is 12.9. The molecular weight excluding hydrogens is 427 g/mol. The van der Waals surface area contributed by atoms with Crippen molar-refractivity contribution in [1.29, 1.82) is 0 Å². The Morgan fingerprint density at radius 1 is 1.38 bits per heavy atom. The van der Waals surface area contributed by atoms with Crippen LogP contribution in [0.5, 0.6) is 0 Å². The second-order valence-electron chi connectivity index (χ2n) is 6.75. The predicted molar refractivity (Wildman–Crippen MR) is 105 cm³/mol. The number of H-pyrrole nitrogens is 1. The number of aromatic amines is 1. The van der Waals surface area contributed by atoms with E-state index < -0.39 is 12.3 Å². The van der Waals surface area contributed by atoms with E-state index in [1.165, 1.54) is 13.0 Å². The maximum Gasteiger partial charge on any atom is 0.315 e. The van der Waals surface area contributed by atoms with Crippen LogP contribution in [0.15, 0.2) is 18.5 Å². The lowest BCUT2D eigenvalue weighted by Gasteiger charge is -2.14. The zero-order valence-electron chi connectivity index (χ0n) is 15.0. The Labute approximate surface area is 173 Å². The maximum absolute atomic E-state index is 12.9. The lowest BCUT2D eigenvalue weighted by molar-refractivity contribution is -0.126. The second-order valence-corrected chi connectivity index (χ2v) is 7.54. The lowest BCUT2D eigenvalue weighted by Crippen LogP contribution is -2.34. The van der Waals surface area contributed by atoms with Crippen LogP contribution in [0, 0.1) is 0 Å². The quantitative estimate of drug-likeness (QED) is 0.577. The van der Waals surface area contributed by atoms with Gasteiger partial charge >= 0.3 is 6.43 Å². The van der Waals surface area contributed by atoms with Crippen molar-refractivity contribution in [2.75, 3.05) is 5.32 Å². The first-order chi connectivity index (χ1) is 13.8. The summed E-state index contributed by atoms with van der Waals surface area (Å²) in [5, 5.41) is 12.7. The van der Waals surface area contributed by atoms with E-state index in [1.54, 1.807) is 12.4 Å². The van der Waals surface area contributed by atoms with Crippen LogP contribution in [0.2, 0.25) is 10.0 Å². The molecule has 0 unspecified atom stereocenters. The fourth-order valence-electron chi connectivity index (χ4n) is 3.83. The molecule has 4 rings (SSSR count). The highest BCUT2D eigenvalue weighted by Crippen LogP contribution is 2.46. The second kappa shape index (κ2) is 7.31. The standard InChI is InChI=1S/C18H15Cl2F2N5O2/c1-7(28)25-9-2-12-13(8-4-23-24-5-8)14-11(26-18(29)17(21)22)3-10(19)15(20)16(14)27(12)6-9/h3-5,9,17H,2,6H2,1H3,(H,23,24)(H,25,28)(H,26,29)/t9-/m0/s1. The number of hydrogen-bond donors (Lipinski definition) is 3. The first kappa shape index (κ1) is 19.7. The molecule has 0 bridgehead atoms. The molecule has 2 amide bonds. The zero-order chi connectivity index (χ0) is 20.9. The Balaban J connectivity index is 1.98. The molecule has 11 heteroatoms. The third-order valence-corrected chi connectivity index (χ3v) is 5.60. The van der Waals surface area contributed by atoms with Gasteiger partial charge in [0, 0.05) is 48.3 Å². The van der Waals surface area contributed by atoms with Crippen LogP contribution in [-0.2, 0) is 22.6 Å². The molecule has 0 radical (unpaired) electrons. The monoisotopic (exact) mass is 441 g/mol. The summed E-state index contributed by atoms with van der Waals surface area (Å²) >= 11 is 12.7. The van der Waals surface area contributed by atoms with Gasteiger partial charge in [0.2, 0.25) is 5.91 Å². The van der Waals surface area contributed by atoms with Crippen molar-refractivity contribution in [1.82, 2.24) is 20.1 Å². The number of hydrogen-bond acceptors (Lipinski definition) is 3. The number of alkyl halides is 2. The molecule has 1 atom stereocenters. The van der Waals surface area contributed by atoms with Crippen LogP contribution in [-0.4, -0.2) is 39.0 Å². The van der Waals surface area contributed by atoms with Gasteiger partial charge in [-0.25, -0.2) is 0 Å². The van der Waals surface area contributed by atoms with E-state index in [2.05, 4.69) is 20.8 Å². The molecule has 0 saturated heterocycles. The summed E-state index contributed by atoms with van der Waals surface area (Å²) in [4.78, 5) is 23.2. The van der Waals surface area contributed by atoms with Gasteiger partial charge in [0.25, 0.3) is 5.91 Å². The minimum absolute atomic E-state index is 0.116.